The summed E-state index contributed by atoms with van der Waals surface area (Å²) in [5, 5.41) is 9.40. The van der Waals surface area contributed by atoms with Crippen molar-refractivity contribution < 1.29 is 24.2 Å². The van der Waals surface area contributed by atoms with Crippen LogP contribution in [0.25, 0.3) is 0 Å². The smallest absolute Gasteiger partial charge is 0.248 e. The first-order chi connectivity index (χ1) is 19.3. The number of carbonyl (C=O) groups excluding carboxylic acids is 3. The van der Waals surface area contributed by atoms with E-state index >= 15 is 0 Å². The van der Waals surface area contributed by atoms with Gasteiger partial charge >= 0.3 is 0 Å². The minimum atomic E-state index is -1.09. The number of hydrogen-bond donors (Lipinski definition) is 1. The number of carbonyl (C=O) groups is 3. The van der Waals surface area contributed by atoms with E-state index < -0.39 is 29.6 Å². The molecule has 1 aromatic carbocycles. The van der Waals surface area contributed by atoms with Gasteiger partial charge in [-0.25, -0.2) is 0 Å². The van der Waals surface area contributed by atoms with Gasteiger partial charge in [0.1, 0.15) is 11.6 Å². The van der Waals surface area contributed by atoms with E-state index in [9.17, 15) is 19.5 Å². The van der Waals surface area contributed by atoms with Crippen molar-refractivity contribution in [1.29, 1.82) is 0 Å². The molecule has 0 radical (unpaired) electrons. The van der Waals surface area contributed by atoms with Crippen LogP contribution in [0.2, 0.25) is 0 Å². The molecule has 1 N–H and O–H groups in total. The van der Waals surface area contributed by atoms with E-state index in [-0.39, 0.29) is 29.2 Å². The molecule has 1 spiro atoms. The Bertz CT molecular complexity index is 1080. The Morgan fingerprint density at radius 1 is 1.12 bits per heavy atom. The summed E-state index contributed by atoms with van der Waals surface area (Å²) in [5.74, 6) is -1.98. The van der Waals surface area contributed by atoms with Crippen LogP contribution in [0.15, 0.2) is 55.6 Å². The molecular formula is C31H42BrN3O5. The molecule has 218 valence electrons. The Morgan fingerprint density at radius 2 is 1.82 bits per heavy atom. The molecule has 3 heterocycles. The number of rotatable bonds is 15. The highest BCUT2D eigenvalue weighted by Gasteiger charge is 2.76. The van der Waals surface area contributed by atoms with E-state index in [1.54, 1.807) is 26.9 Å². The van der Waals surface area contributed by atoms with Crippen molar-refractivity contribution in [2.24, 2.45) is 11.8 Å². The molecular weight excluding hydrogens is 574 g/mol. The number of likely N-dealkylation sites (tertiary alicyclic amines) is 1. The SMILES string of the molecule is C=CCN(CCCC)C(=O)C1N(CCCCO)C(=O)[C@@H]2[C@@H](C(=O)N(CC=C)Cc3ccccc3)[C@@H]3OC12CC3Br. The fourth-order valence-electron chi connectivity index (χ4n) is 6.70. The van der Waals surface area contributed by atoms with Crippen LogP contribution in [0, 0.1) is 11.8 Å². The molecule has 3 saturated heterocycles. The highest BCUT2D eigenvalue weighted by molar-refractivity contribution is 9.09. The Labute approximate surface area is 246 Å². The van der Waals surface area contributed by atoms with Gasteiger partial charge < -0.3 is 24.5 Å². The number of aliphatic hydroxyl groups excluding tert-OH is 1. The standard InChI is InChI=1S/C31H42BrN3O5/c1-4-7-17-33(15-5-2)30(39)27-31-20-23(32)26(40-31)24(25(31)29(38)35(27)18-11-12-19-36)28(37)34(16-6-3)21-22-13-9-8-10-14-22/h5-6,8-10,13-14,23-27,36H,2-4,7,11-12,15-21H2,1H3/t23?,24-,25+,26-,27?,31?/m1/s1. The highest BCUT2D eigenvalue weighted by atomic mass is 79.9. The number of benzene rings is 1. The van der Waals surface area contributed by atoms with Gasteiger partial charge in [0.25, 0.3) is 0 Å². The van der Waals surface area contributed by atoms with Gasteiger partial charge in [-0.2, -0.15) is 0 Å². The third-order valence-electron chi connectivity index (χ3n) is 8.44. The van der Waals surface area contributed by atoms with Crippen molar-refractivity contribution in [2.45, 2.75) is 68.1 Å². The predicted octanol–water partition coefficient (Wildman–Crippen LogP) is 3.54. The summed E-state index contributed by atoms with van der Waals surface area (Å²) in [6, 6.07) is 8.92. The summed E-state index contributed by atoms with van der Waals surface area (Å²) in [5.41, 5.74) is -0.107. The third kappa shape index (κ3) is 5.65. The molecule has 8 nitrogen and oxygen atoms in total. The molecule has 4 rings (SSSR count). The maximum Gasteiger partial charge on any atom is 0.248 e. The number of halogens is 1. The fraction of sp³-hybridized carbons (Fsp3) is 0.581. The minimum Gasteiger partial charge on any atom is -0.396 e. The zero-order valence-corrected chi connectivity index (χ0v) is 25.0. The lowest BCUT2D eigenvalue weighted by atomic mass is 9.70. The minimum absolute atomic E-state index is 0.00740. The number of fused-ring (bicyclic) bond motifs is 1. The van der Waals surface area contributed by atoms with Gasteiger partial charge in [-0.1, -0.05) is 71.8 Å². The lowest BCUT2D eigenvalue weighted by Crippen LogP contribution is -2.57. The van der Waals surface area contributed by atoms with Crippen LogP contribution in [-0.4, -0.2) is 92.9 Å². The number of ether oxygens (including phenoxy) is 1. The Balaban J connectivity index is 1.71. The molecule has 0 aliphatic carbocycles. The lowest BCUT2D eigenvalue weighted by molar-refractivity contribution is -0.148. The summed E-state index contributed by atoms with van der Waals surface area (Å²) in [7, 11) is 0. The summed E-state index contributed by atoms with van der Waals surface area (Å²) in [6.07, 6.45) is 6.21. The molecule has 0 aromatic heterocycles. The van der Waals surface area contributed by atoms with Crippen molar-refractivity contribution in [2.75, 3.05) is 32.8 Å². The normalized spacial score (nSPS) is 28.4. The van der Waals surface area contributed by atoms with Gasteiger partial charge in [0.05, 0.1) is 17.9 Å². The number of hydrogen-bond acceptors (Lipinski definition) is 5. The Kier molecular flexibility index (Phi) is 10.2. The number of unbranched alkanes of at least 4 members (excludes halogenated alkanes) is 2. The summed E-state index contributed by atoms with van der Waals surface area (Å²) < 4.78 is 6.68. The molecule has 3 aliphatic rings. The monoisotopic (exact) mass is 615 g/mol. The van der Waals surface area contributed by atoms with Gasteiger partial charge in [0, 0.05) is 44.2 Å². The topological polar surface area (TPSA) is 90.4 Å². The largest absolute Gasteiger partial charge is 0.396 e. The van der Waals surface area contributed by atoms with E-state index in [1.165, 1.54) is 0 Å². The van der Waals surface area contributed by atoms with Crippen LogP contribution < -0.4 is 0 Å². The molecule has 0 saturated carbocycles. The Morgan fingerprint density at radius 3 is 2.48 bits per heavy atom. The second-order valence-corrected chi connectivity index (χ2v) is 12.2. The zero-order valence-electron chi connectivity index (χ0n) is 23.4. The van der Waals surface area contributed by atoms with Crippen LogP contribution in [-0.2, 0) is 25.7 Å². The van der Waals surface area contributed by atoms with Gasteiger partial charge in [-0.15, -0.1) is 13.2 Å². The van der Waals surface area contributed by atoms with E-state index in [2.05, 4.69) is 36.0 Å². The maximum absolute atomic E-state index is 14.2. The lowest BCUT2D eigenvalue weighted by Gasteiger charge is -2.37. The fourth-order valence-corrected chi connectivity index (χ4v) is 7.64. The third-order valence-corrected chi connectivity index (χ3v) is 9.28. The Hall–Kier alpha value is -2.49. The molecule has 9 heteroatoms. The first kappa shape index (κ1) is 30.5. The molecule has 1 aromatic rings. The number of alkyl halides is 1. The summed E-state index contributed by atoms with van der Waals surface area (Å²) in [4.78, 5) is 47.7. The second kappa shape index (κ2) is 13.4. The first-order valence-corrected chi connectivity index (χ1v) is 15.3. The van der Waals surface area contributed by atoms with Crippen molar-refractivity contribution in [1.82, 2.24) is 14.7 Å². The molecule has 40 heavy (non-hydrogen) atoms. The van der Waals surface area contributed by atoms with Gasteiger partial charge in [0.2, 0.25) is 17.7 Å². The maximum atomic E-state index is 14.2. The highest BCUT2D eigenvalue weighted by Crippen LogP contribution is 2.60. The number of amides is 3. The second-order valence-electron chi connectivity index (χ2n) is 11.0. The van der Waals surface area contributed by atoms with Gasteiger partial charge in [0.15, 0.2) is 0 Å². The van der Waals surface area contributed by atoms with Crippen molar-refractivity contribution in [3.8, 4) is 0 Å². The van der Waals surface area contributed by atoms with Crippen LogP contribution in [0.3, 0.4) is 0 Å². The molecule has 2 bridgehead atoms. The van der Waals surface area contributed by atoms with E-state index in [0.717, 1.165) is 18.4 Å². The van der Waals surface area contributed by atoms with Gasteiger partial charge in [-0.3, -0.25) is 14.4 Å². The molecule has 3 unspecified atom stereocenters. The summed E-state index contributed by atoms with van der Waals surface area (Å²) in [6.45, 7) is 11.8. The predicted molar refractivity (Wildman–Crippen MR) is 157 cm³/mol. The molecule has 3 fully saturated rings. The average Bonchev–Trinajstić information content (AvgIpc) is 3.54. The van der Waals surface area contributed by atoms with E-state index in [0.29, 0.717) is 52.0 Å². The van der Waals surface area contributed by atoms with Crippen LogP contribution >= 0.6 is 15.9 Å². The number of aliphatic hydroxyl groups is 1. The van der Waals surface area contributed by atoms with Crippen LogP contribution in [0.4, 0.5) is 0 Å². The molecule has 3 aliphatic heterocycles. The number of nitrogens with zero attached hydrogens (tertiary/aromatic N) is 3. The van der Waals surface area contributed by atoms with Gasteiger partial charge in [-0.05, 0) is 31.2 Å². The molecule has 6 atom stereocenters. The van der Waals surface area contributed by atoms with Crippen LogP contribution in [0.1, 0.15) is 44.6 Å². The summed E-state index contributed by atoms with van der Waals surface area (Å²) >= 11 is 3.76. The van der Waals surface area contributed by atoms with Crippen molar-refractivity contribution in [3.63, 3.8) is 0 Å². The quantitative estimate of drug-likeness (QED) is 0.185. The van der Waals surface area contributed by atoms with E-state index in [1.807, 2.05) is 30.3 Å². The van der Waals surface area contributed by atoms with Crippen molar-refractivity contribution >= 4 is 33.7 Å². The molecule has 3 amide bonds. The van der Waals surface area contributed by atoms with Crippen LogP contribution in [0.5, 0.6) is 0 Å². The average molecular weight is 617 g/mol. The first-order valence-electron chi connectivity index (χ1n) is 14.4. The zero-order chi connectivity index (χ0) is 28.9. The van der Waals surface area contributed by atoms with E-state index in [4.69, 9.17) is 4.74 Å². The van der Waals surface area contributed by atoms with Crippen molar-refractivity contribution in [3.05, 3.63) is 61.2 Å².